The molecule has 0 aliphatic carbocycles. The molecule has 2 aromatic carbocycles. The van der Waals surface area contributed by atoms with E-state index in [1.807, 2.05) is 23.1 Å². The molecular weight excluding hydrogens is 438 g/mol. The molecule has 7 nitrogen and oxygen atoms in total. The Morgan fingerprint density at radius 3 is 2.69 bits per heavy atom. The SMILES string of the molecule is CC1Cc2ccccc2N1C1CCN(C(=O)C2CCCN(C(=O)c3ccc4[nH]ncc4c3)C2)CC1. The first kappa shape index (κ1) is 22.1. The maximum absolute atomic E-state index is 13.5. The van der Waals surface area contributed by atoms with Crippen molar-refractivity contribution in [3.05, 3.63) is 59.8 Å². The summed E-state index contributed by atoms with van der Waals surface area (Å²) >= 11 is 0. The number of H-pyrrole nitrogens is 1. The monoisotopic (exact) mass is 471 g/mol. The Kier molecular flexibility index (Phi) is 5.71. The predicted molar refractivity (Wildman–Crippen MR) is 136 cm³/mol. The molecule has 0 spiro atoms. The molecule has 2 saturated heterocycles. The molecule has 3 aliphatic heterocycles. The van der Waals surface area contributed by atoms with Crippen LogP contribution in [-0.4, -0.2) is 70.1 Å². The zero-order chi connectivity index (χ0) is 23.9. The number of aromatic nitrogens is 2. The number of likely N-dealkylation sites (tertiary alicyclic amines) is 2. The highest BCUT2D eigenvalue weighted by Gasteiger charge is 2.37. The van der Waals surface area contributed by atoms with Gasteiger partial charge >= 0.3 is 0 Å². The van der Waals surface area contributed by atoms with Crippen molar-refractivity contribution >= 4 is 28.4 Å². The number of nitrogens with one attached hydrogen (secondary N) is 1. The topological polar surface area (TPSA) is 72.5 Å². The molecule has 2 unspecified atom stereocenters. The Morgan fingerprint density at radius 2 is 1.83 bits per heavy atom. The van der Waals surface area contributed by atoms with E-state index in [2.05, 4.69) is 51.2 Å². The summed E-state index contributed by atoms with van der Waals surface area (Å²) in [6.07, 6.45) is 6.58. The van der Waals surface area contributed by atoms with Gasteiger partial charge in [-0.05, 0) is 68.9 Å². The summed E-state index contributed by atoms with van der Waals surface area (Å²) in [6.45, 7) is 5.14. The van der Waals surface area contributed by atoms with E-state index in [0.29, 0.717) is 30.7 Å². The normalized spacial score (nSPS) is 23.1. The number of fused-ring (bicyclic) bond motifs is 2. The van der Waals surface area contributed by atoms with E-state index in [1.54, 1.807) is 6.20 Å². The molecule has 35 heavy (non-hydrogen) atoms. The molecule has 1 N–H and O–H groups in total. The van der Waals surface area contributed by atoms with Crippen molar-refractivity contribution in [1.29, 1.82) is 0 Å². The summed E-state index contributed by atoms with van der Waals surface area (Å²) in [4.78, 5) is 33.2. The van der Waals surface area contributed by atoms with Gasteiger partial charge in [-0.3, -0.25) is 14.7 Å². The predicted octanol–water partition coefficient (Wildman–Crippen LogP) is 3.86. The van der Waals surface area contributed by atoms with Crippen LogP contribution in [-0.2, 0) is 11.2 Å². The quantitative estimate of drug-likeness (QED) is 0.630. The Bertz CT molecular complexity index is 1240. The fourth-order valence-corrected chi connectivity index (χ4v) is 6.39. The summed E-state index contributed by atoms with van der Waals surface area (Å²) in [6, 6.07) is 15.4. The number of amides is 2. The summed E-state index contributed by atoms with van der Waals surface area (Å²) in [7, 11) is 0. The van der Waals surface area contributed by atoms with Crippen molar-refractivity contribution in [3.63, 3.8) is 0 Å². The molecule has 6 rings (SSSR count). The smallest absolute Gasteiger partial charge is 0.253 e. The number of benzene rings is 2. The molecular formula is C28H33N5O2. The van der Waals surface area contributed by atoms with Crippen LogP contribution in [0.1, 0.15) is 48.5 Å². The lowest BCUT2D eigenvalue weighted by molar-refractivity contribution is -0.138. The van der Waals surface area contributed by atoms with E-state index in [9.17, 15) is 9.59 Å². The van der Waals surface area contributed by atoms with Crippen molar-refractivity contribution in [2.45, 2.75) is 51.1 Å². The maximum Gasteiger partial charge on any atom is 0.253 e. The molecule has 0 bridgehead atoms. The second-order valence-electron chi connectivity index (χ2n) is 10.4. The maximum atomic E-state index is 13.5. The average molecular weight is 472 g/mol. The van der Waals surface area contributed by atoms with Crippen molar-refractivity contribution in [3.8, 4) is 0 Å². The number of anilines is 1. The van der Waals surface area contributed by atoms with Crippen LogP contribution >= 0.6 is 0 Å². The lowest BCUT2D eigenvalue weighted by atomic mass is 9.94. The Balaban J connectivity index is 1.08. The number of nitrogens with zero attached hydrogens (tertiary/aromatic N) is 4. The van der Waals surface area contributed by atoms with Gasteiger partial charge in [-0.1, -0.05) is 18.2 Å². The van der Waals surface area contributed by atoms with Gasteiger partial charge in [0.05, 0.1) is 17.6 Å². The molecule has 2 fully saturated rings. The van der Waals surface area contributed by atoms with E-state index in [4.69, 9.17) is 0 Å². The fourth-order valence-electron chi connectivity index (χ4n) is 6.39. The Labute approximate surface area is 206 Å². The lowest BCUT2D eigenvalue weighted by Gasteiger charge is -2.42. The van der Waals surface area contributed by atoms with Gasteiger partial charge in [0, 0.05) is 54.9 Å². The first-order valence-electron chi connectivity index (χ1n) is 13.0. The van der Waals surface area contributed by atoms with Crippen molar-refractivity contribution in [2.24, 2.45) is 5.92 Å². The summed E-state index contributed by atoms with van der Waals surface area (Å²) < 4.78 is 0. The third kappa shape index (κ3) is 4.07. The zero-order valence-electron chi connectivity index (χ0n) is 20.3. The Hall–Kier alpha value is -3.35. The summed E-state index contributed by atoms with van der Waals surface area (Å²) in [5.74, 6) is 0.125. The molecule has 1 aromatic heterocycles. The lowest BCUT2D eigenvalue weighted by Crippen LogP contribution is -2.52. The average Bonchev–Trinajstić information content (AvgIpc) is 3.51. The zero-order valence-corrected chi connectivity index (χ0v) is 20.3. The first-order chi connectivity index (χ1) is 17.1. The summed E-state index contributed by atoms with van der Waals surface area (Å²) in [5, 5.41) is 7.90. The molecule has 0 saturated carbocycles. The van der Waals surface area contributed by atoms with Gasteiger partial charge in [-0.2, -0.15) is 5.10 Å². The number of aromatic amines is 1. The van der Waals surface area contributed by atoms with Crippen LogP contribution < -0.4 is 4.90 Å². The molecule has 0 radical (unpaired) electrons. The standard InChI is InChI=1S/C28H33N5O2/c1-19-15-20-5-2-3-7-26(20)33(19)24-10-13-31(14-11-24)28(35)22-6-4-12-32(18-22)27(34)21-8-9-25-23(16-21)17-29-30-25/h2-3,5,7-9,16-17,19,22,24H,4,6,10-15,18H2,1H3,(H,29,30). The third-order valence-corrected chi connectivity index (χ3v) is 8.17. The van der Waals surface area contributed by atoms with Crippen LogP contribution in [0.3, 0.4) is 0 Å². The number of carbonyl (C=O) groups excluding carboxylic acids is 2. The third-order valence-electron chi connectivity index (χ3n) is 8.17. The van der Waals surface area contributed by atoms with Crippen LogP contribution in [0.2, 0.25) is 0 Å². The van der Waals surface area contributed by atoms with Gasteiger partial charge < -0.3 is 14.7 Å². The van der Waals surface area contributed by atoms with Crippen LogP contribution in [0.25, 0.3) is 10.9 Å². The minimum atomic E-state index is -0.103. The number of rotatable bonds is 3. The minimum absolute atomic E-state index is 0.00555. The number of para-hydroxylation sites is 1. The molecule has 3 aromatic rings. The Morgan fingerprint density at radius 1 is 1.00 bits per heavy atom. The molecule has 3 aliphatic rings. The fraction of sp³-hybridized carbons (Fsp3) is 0.464. The number of hydrogen-bond acceptors (Lipinski definition) is 4. The second kappa shape index (κ2) is 9.02. The molecule has 2 atom stereocenters. The van der Waals surface area contributed by atoms with E-state index in [-0.39, 0.29) is 17.7 Å². The van der Waals surface area contributed by atoms with Gasteiger partial charge in [-0.25, -0.2) is 0 Å². The second-order valence-corrected chi connectivity index (χ2v) is 10.4. The molecule has 2 amide bonds. The van der Waals surface area contributed by atoms with Crippen LogP contribution in [0.4, 0.5) is 5.69 Å². The number of hydrogen-bond donors (Lipinski definition) is 1. The van der Waals surface area contributed by atoms with Gasteiger partial charge in [0.2, 0.25) is 5.91 Å². The highest BCUT2D eigenvalue weighted by Crippen LogP contribution is 2.36. The van der Waals surface area contributed by atoms with E-state index in [1.165, 1.54) is 11.3 Å². The molecule has 7 heteroatoms. The molecule has 182 valence electrons. The highest BCUT2D eigenvalue weighted by atomic mass is 16.2. The van der Waals surface area contributed by atoms with Crippen molar-refractivity contribution < 1.29 is 9.59 Å². The van der Waals surface area contributed by atoms with Crippen LogP contribution in [0, 0.1) is 5.92 Å². The van der Waals surface area contributed by atoms with Gasteiger partial charge in [0.25, 0.3) is 5.91 Å². The minimum Gasteiger partial charge on any atom is -0.365 e. The summed E-state index contributed by atoms with van der Waals surface area (Å²) in [5.41, 5.74) is 4.40. The number of carbonyl (C=O) groups is 2. The van der Waals surface area contributed by atoms with Crippen LogP contribution in [0.5, 0.6) is 0 Å². The number of piperidine rings is 2. The first-order valence-corrected chi connectivity index (χ1v) is 13.0. The molecule has 4 heterocycles. The van der Waals surface area contributed by atoms with Gasteiger partial charge in [-0.15, -0.1) is 0 Å². The van der Waals surface area contributed by atoms with Crippen molar-refractivity contribution in [2.75, 3.05) is 31.1 Å². The van der Waals surface area contributed by atoms with Crippen molar-refractivity contribution in [1.82, 2.24) is 20.0 Å². The van der Waals surface area contributed by atoms with E-state index >= 15 is 0 Å². The van der Waals surface area contributed by atoms with E-state index < -0.39 is 0 Å². The largest absolute Gasteiger partial charge is 0.365 e. The van der Waals surface area contributed by atoms with E-state index in [0.717, 1.165) is 56.1 Å². The van der Waals surface area contributed by atoms with Gasteiger partial charge in [0.15, 0.2) is 0 Å². The highest BCUT2D eigenvalue weighted by molar-refractivity contribution is 5.98. The van der Waals surface area contributed by atoms with Crippen LogP contribution in [0.15, 0.2) is 48.7 Å². The van der Waals surface area contributed by atoms with Gasteiger partial charge in [0.1, 0.15) is 0 Å².